The molecule has 1 N–H and O–H groups in total. The average Bonchev–Trinajstić information content (AvgIpc) is 2.27. The Balaban J connectivity index is 2.31. The lowest BCUT2D eigenvalue weighted by Gasteiger charge is -2.24. The highest BCUT2D eigenvalue weighted by molar-refractivity contribution is 6.30. The van der Waals surface area contributed by atoms with Gasteiger partial charge >= 0.3 is 0 Å². The molecule has 1 aromatic carbocycles. The molecule has 0 aliphatic carbocycles. The zero-order valence-electron chi connectivity index (χ0n) is 8.19. The summed E-state index contributed by atoms with van der Waals surface area (Å²) in [5.41, 5.74) is 0.473. The van der Waals surface area contributed by atoms with Gasteiger partial charge in [0.25, 0.3) is 0 Å². The first-order valence-corrected chi connectivity index (χ1v) is 5.44. The van der Waals surface area contributed by atoms with E-state index < -0.39 is 16.7 Å². The second kappa shape index (κ2) is 4.45. The minimum atomic E-state index is -0.700. The predicted molar refractivity (Wildman–Crippen MR) is 56.0 cm³/mol. The van der Waals surface area contributed by atoms with Crippen LogP contribution in [0.1, 0.15) is 30.9 Å². The average molecular weight is 232 g/mol. The van der Waals surface area contributed by atoms with E-state index in [0.29, 0.717) is 5.56 Å². The molecule has 0 radical (unpaired) electrons. The van der Waals surface area contributed by atoms with Gasteiger partial charge in [0.2, 0.25) is 0 Å². The maximum absolute atomic E-state index is 13.6. The summed E-state index contributed by atoms with van der Waals surface area (Å²) in [4.78, 5) is 0. The molecule has 1 atom stereocenters. The van der Waals surface area contributed by atoms with Crippen LogP contribution in [-0.4, -0.2) is 6.54 Å². The summed E-state index contributed by atoms with van der Waals surface area (Å²) >= 11 is 5.52. The second-order valence-corrected chi connectivity index (χ2v) is 4.15. The van der Waals surface area contributed by atoms with Gasteiger partial charge in [-0.05, 0) is 25.5 Å². The van der Waals surface area contributed by atoms with Crippen LogP contribution in [0, 0.1) is 11.6 Å². The van der Waals surface area contributed by atoms with E-state index in [-0.39, 0.29) is 6.04 Å². The largest absolute Gasteiger partial charge is 0.310 e. The molecule has 0 aromatic heterocycles. The van der Waals surface area contributed by atoms with E-state index in [4.69, 9.17) is 11.6 Å². The highest BCUT2D eigenvalue weighted by atomic mass is 35.5. The Kier molecular flexibility index (Phi) is 3.22. The Morgan fingerprint density at radius 2 is 2.07 bits per heavy atom. The van der Waals surface area contributed by atoms with Crippen molar-refractivity contribution in [3.05, 3.63) is 34.4 Å². The summed E-state index contributed by atoms with van der Waals surface area (Å²) in [5, 5.41) is 2.80. The highest BCUT2D eigenvalue weighted by Gasteiger charge is 2.21. The van der Waals surface area contributed by atoms with Gasteiger partial charge < -0.3 is 5.32 Å². The fourth-order valence-corrected chi connectivity index (χ4v) is 2.10. The number of rotatable bonds is 1. The number of halogens is 3. The molecule has 1 aliphatic heterocycles. The van der Waals surface area contributed by atoms with Gasteiger partial charge in [-0.15, -0.1) is 0 Å². The van der Waals surface area contributed by atoms with E-state index in [0.717, 1.165) is 25.8 Å². The van der Waals surface area contributed by atoms with Crippen LogP contribution in [0.4, 0.5) is 8.78 Å². The van der Waals surface area contributed by atoms with Crippen molar-refractivity contribution in [2.75, 3.05) is 6.54 Å². The monoisotopic (exact) mass is 231 g/mol. The van der Waals surface area contributed by atoms with Crippen LogP contribution in [0.15, 0.2) is 12.1 Å². The molecule has 4 heteroatoms. The highest BCUT2D eigenvalue weighted by Crippen LogP contribution is 2.29. The van der Waals surface area contributed by atoms with E-state index >= 15 is 0 Å². The fraction of sp³-hybridized carbons (Fsp3) is 0.455. The van der Waals surface area contributed by atoms with Crippen molar-refractivity contribution < 1.29 is 8.78 Å². The molecule has 15 heavy (non-hydrogen) atoms. The normalized spacial score (nSPS) is 21.7. The van der Waals surface area contributed by atoms with Gasteiger partial charge in [-0.25, -0.2) is 8.78 Å². The van der Waals surface area contributed by atoms with Crippen LogP contribution in [0.5, 0.6) is 0 Å². The van der Waals surface area contributed by atoms with Gasteiger partial charge in [0, 0.05) is 11.6 Å². The van der Waals surface area contributed by atoms with Crippen molar-refractivity contribution in [2.24, 2.45) is 0 Å². The van der Waals surface area contributed by atoms with Crippen LogP contribution >= 0.6 is 11.6 Å². The maximum atomic E-state index is 13.6. The van der Waals surface area contributed by atoms with Gasteiger partial charge in [0.1, 0.15) is 16.7 Å². The third kappa shape index (κ3) is 2.13. The van der Waals surface area contributed by atoms with Gasteiger partial charge in [-0.1, -0.05) is 24.1 Å². The molecule has 1 nitrogen and oxygen atoms in total. The number of hydrogen-bond donors (Lipinski definition) is 1. The van der Waals surface area contributed by atoms with Gasteiger partial charge in [-0.2, -0.15) is 0 Å². The molecule has 1 aromatic rings. The minimum absolute atomic E-state index is 0.0307. The molecule has 0 amide bonds. The molecule has 2 rings (SSSR count). The topological polar surface area (TPSA) is 12.0 Å². The molecular formula is C11H12ClF2N. The molecule has 0 spiro atoms. The predicted octanol–water partition coefficient (Wildman–Crippen LogP) is 3.43. The van der Waals surface area contributed by atoms with Crippen LogP contribution in [0.25, 0.3) is 0 Å². The van der Waals surface area contributed by atoms with Crippen LogP contribution in [0.3, 0.4) is 0 Å². The third-order valence-electron chi connectivity index (χ3n) is 2.75. The van der Waals surface area contributed by atoms with Crippen molar-refractivity contribution in [1.82, 2.24) is 5.32 Å². The van der Waals surface area contributed by atoms with E-state index in [9.17, 15) is 8.78 Å². The van der Waals surface area contributed by atoms with E-state index in [2.05, 4.69) is 5.32 Å². The van der Waals surface area contributed by atoms with Crippen molar-refractivity contribution in [2.45, 2.75) is 25.3 Å². The van der Waals surface area contributed by atoms with Crippen molar-refractivity contribution in [3.63, 3.8) is 0 Å². The summed E-state index contributed by atoms with van der Waals surface area (Å²) in [6, 6.07) is 2.66. The number of benzene rings is 1. The molecule has 0 bridgehead atoms. The second-order valence-electron chi connectivity index (χ2n) is 3.77. The van der Waals surface area contributed by atoms with E-state index in [1.165, 1.54) is 12.1 Å². The zero-order valence-corrected chi connectivity index (χ0v) is 8.95. The zero-order chi connectivity index (χ0) is 10.8. The summed E-state index contributed by atoms with van der Waals surface area (Å²) in [6.07, 6.45) is 3.04. The Hall–Kier alpha value is -0.670. The first kappa shape index (κ1) is 10.8. The van der Waals surface area contributed by atoms with E-state index in [1.807, 2.05) is 0 Å². The first-order chi connectivity index (χ1) is 7.20. The van der Waals surface area contributed by atoms with Crippen LogP contribution < -0.4 is 5.32 Å². The number of nitrogens with one attached hydrogen (secondary N) is 1. The molecule has 1 unspecified atom stereocenters. The lowest BCUT2D eigenvalue weighted by molar-refractivity contribution is 0.398. The molecule has 82 valence electrons. The molecule has 1 saturated heterocycles. The van der Waals surface area contributed by atoms with Crippen molar-refractivity contribution in [3.8, 4) is 0 Å². The molecule has 0 saturated carbocycles. The smallest absolute Gasteiger partial charge is 0.149 e. The first-order valence-electron chi connectivity index (χ1n) is 5.07. The van der Waals surface area contributed by atoms with Gasteiger partial charge in [0.15, 0.2) is 0 Å². The molecule has 1 aliphatic rings. The minimum Gasteiger partial charge on any atom is -0.310 e. The van der Waals surface area contributed by atoms with Crippen molar-refractivity contribution >= 4 is 11.6 Å². The summed E-state index contributed by atoms with van der Waals surface area (Å²) in [5.74, 6) is -1.33. The quantitative estimate of drug-likeness (QED) is 0.731. The van der Waals surface area contributed by atoms with Gasteiger partial charge in [0.05, 0.1) is 0 Å². The molecule has 1 fully saturated rings. The fourth-order valence-electron chi connectivity index (χ4n) is 1.93. The summed E-state index contributed by atoms with van der Waals surface area (Å²) in [7, 11) is 0. The lowest BCUT2D eigenvalue weighted by atomic mass is 9.97. The Morgan fingerprint density at radius 3 is 2.73 bits per heavy atom. The van der Waals surface area contributed by atoms with Gasteiger partial charge in [-0.3, -0.25) is 0 Å². The third-order valence-corrected chi connectivity index (χ3v) is 3.10. The Labute approximate surface area is 92.4 Å². The number of piperidine rings is 1. The van der Waals surface area contributed by atoms with Crippen LogP contribution in [0.2, 0.25) is 5.02 Å². The Bertz CT molecular complexity index is 362. The van der Waals surface area contributed by atoms with E-state index in [1.54, 1.807) is 0 Å². The summed E-state index contributed by atoms with van der Waals surface area (Å²) in [6.45, 7) is 0.874. The SMILES string of the molecule is Fc1ccc(C2CCCCN2)c(F)c1Cl. The summed E-state index contributed by atoms with van der Waals surface area (Å²) < 4.78 is 26.6. The van der Waals surface area contributed by atoms with Crippen molar-refractivity contribution in [1.29, 1.82) is 0 Å². The van der Waals surface area contributed by atoms with Crippen LogP contribution in [-0.2, 0) is 0 Å². The standard InChI is InChI=1S/C11H12ClF2N/c12-10-8(13)5-4-7(11(10)14)9-3-1-2-6-15-9/h4-5,9,15H,1-3,6H2. The maximum Gasteiger partial charge on any atom is 0.149 e. The molecule has 1 heterocycles. The Morgan fingerprint density at radius 1 is 1.27 bits per heavy atom. The molecular weight excluding hydrogens is 220 g/mol. The lowest BCUT2D eigenvalue weighted by Crippen LogP contribution is -2.27. The number of hydrogen-bond acceptors (Lipinski definition) is 1.